The van der Waals surface area contributed by atoms with E-state index in [1.54, 1.807) is 4.90 Å². The van der Waals surface area contributed by atoms with E-state index in [0.717, 1.165) is 11.1 Å². The maximum absolute atomic E-state index is 14.3. The van der Waals surface area contributed by atoms with E-state index in [0.29, 0.717) is 50.6 Å². The number of carbonyl (C=O) groups excluding carboxylic acids is 1. The average molecular weight is 429 g/mol. The molecule has 0 spiro atoms. The number of benzene rings is 2. The Morgan fingerprint density at radius 3 is 2.90 bits per heavy atom. The van der Waals surface area contributed by atoms with Gasteiger partial charge in [-0.3, -0.25) is 0 Å². The number of halogens is 1. The highest BCUT2D eigenvalue weighted by molar-refractivity contribution is 5.67. The van der Waals surface area contributed by atoms with Crippen molar-refractivity contribution in [3.63, 3.8) is 0 Å². The van der Waals surface area contributed by atoms with Crippen LogP contribution in [0, 0.1) is 5.82 Å². The van der Waals surface area contributed by atoms with Crippen LogP contribution >= 0.6 is 0 Å². The molecule has 4 rings (SSSR count). The summed E-state index contributed by atoms with van der Waals surface area (Å²) >= 11 is 0. The largest absolute Gasteiger partial charge is 0.493 e. The lowest BCUT2D eigenvalue weighted by Gasteiger charge is -2.33. The predicted octanol–water partition coefficient (Wildman–Crippen LogP) is 3.92. The van der Waals surface area contributed by atoms with Crippen LogP contribution in [-0.4, -0.2) is 48.9 Å². The molecule has 1 amide bonds. The molecular formula is C24H29FN2O4. The van der Waals surface area contributed by atoms with Crippen molar-refractivity contribution in [3.05, 3.63) is 59.4 Å². The van der Waals surface area contributed by atoms with Crippen LogP contribution in [0.5, 0.6) is 11.5 Å². The molecule has 2 aliphatic heterocycles. The van der Waals surface area contributed by atoms with Crippen molar-refractivity contribution in [2.75, 3.05) is 26.2 Å². The van der Waals surface area contributed by atoms with Crippen molar-refractivity contribution < 1.29 is 23.4 Å². The summed E-state index contributed by atoms with van der Waals surface area (Å²) in [4.78, 5) is 14.1. The molecule has 166 valence electrons. The number of hydrogen-bond donors (Lipinski definition) is 1. The molecule has 0 saturated carbocycles. The standard InChI is InChI=1S/C24H29FN2O4/c1-24(2)14-18-12-20(13-21(25)22(18)31-24)29-11-8-19-15-27(10-9-26-19)23(28)30-16-17-6-4-3-5-7-17/h3-7,12-13,19,26H,8-11,14-16H2,1-2H3/t19-/m1/s1. The Labute approximate surface area is 182 Å². The molecule has 2 aromatic rings. The number of carbonyl (C=O) groups is 1. The topological polar surface area (TPSA) is 60.0 Å². The van der Waals surface area contributed by atoms with E-state index < -0.39 is 5.60 Å². The van der Waals surface area contributed by atoms with Crippen LogP contribution in [0.15, 0.2) is 42.5 Å². The first-order valence-electron chi connectivity index (χ1n) is 10.7. The second-order valence-electron chi connectivity index (χ2n) is 8.71. The smallest absolute Gasteiger partial charge is 0.410 e. The third-order valence-corrected chi connectivity index (χ3v) is 5.54. The highest BCUT2D eigenvalue weighted by Crippen LogP contribution is 2.39. The fourth-order valence-corrected chi connectivity index (χ4v) is 4.04. The predicted molar refractivity (Wildman–Crippen MR) is 115 cm³/mol. The Morgan fingerprint density at radius 2 is 2.10 bits per heavy atom. The van der Waals surface area contributed by atoms with Gasteiger partial charge in [0.25, 0.3) is 0 Å². The third-order valence-electron chi connectivity index (χ3n) is 5.54. The number of amides is 1. The van der Waals surface area contributed by atoms with Crippen LogP contribution in [-0.2, 0) is 17.8 Å². The molecular weight excluding hydrogens is 399 g/mol. The number of piperazine rings is 1. The number of nitrogens with zero attached hydrogens (tertiary/aromatic N) is 1. The minimum Gasteiger partial charge on any atom is -0.493 e. The summed E-state index contributed by atoms with van der Waals surface area (Å²) in [5.74, 6) is 0.449. The number of ether oxygens (including phenoxy) is 3. The maximum atomic E-state index is 14.3. The van der Waals surface area contributed by atoms with Crippen molar-refractivity contribution in [2.24, 2.45) is 0 Å². The van der Waals surface area contributed by atoms with Gasteiger partial charge in [-0.05, 0) is 31.9 Å². The summed E-state index contributed by atoms with van der Waals surface area (Å²) in [6.07, 6.45) is 1.05. The second kappa shape index (κ2) is 9.14. The van der Waals surface area contributed by atoms with Gasteiger partial charge in [0.2, 0.25) is 0 Å². The van der Waals surface area contributed by atoms with Gasteiger partial charge in [0.1, 0.15) is 18.0 Å². The van der Waals surface area contributed by atoms with E-state index in [9.17, 15) is 9.18 Å². The number of hydrogen-bond acceptors (Lipinski definition) is 5. The summed E-state index contributed by atoms with van der Waals surface area (Å²) in [7, 11) is 0. The zero-order valence-electron chi connectivity index (χ0n) is 18.0. The van der Waals surface area contributed by atoms with E-state index in [4.69, 9.17) is 14.2 Å². The second-order valence-corrected chi connectivity index (χ2v) is 8.71. The first-order chi connectivity index (χ1) is 14.9. The van der Waals surface area contributed by atoms with Gasteiger partial charge in [-0.25, -0.2) is 9.18 Å². The van der Waals surface area contributed by atoms with Gasteiger partial charge in [-0.1, -0.05) is 30.3 Å². The molecule has 2 heterocycles. The first-order valence-corrected chi connectivity index (χ1v) is 10.7. The lowest BCUT2D eigenvalue weighted by atomic mass is 10.0. The zero-order valence-corrected chi connectivity index (χ0v) is 18.0. The number of fused-ring (bicyclic) bond motifs is 1. The van der Waals surface area contributed by atoms with E-state index in [-0.39, 0.29) is 24.6 Å². The number of nitrogens with one attached hydrogen (secondary N) is 1. The highest BCUT2D eigenvalue weighted by Gasteiger charge is 2.33. The van der Waals surface area contributed by atoms with Crippen molar-refractivity contribution in [3.8, 4) is 11.5 Å². The molecule has 1 atom stereocenters. The molecule has 1 N–H and O–H groups in total. The van der Waals surface area contributed by atoms with Crippen LogP contribution < -0.4 is 14.8 Å². The summed E-state index contributed by atoms with van der Waals surface area (Å²) in [6, 6.07) is 13.0. The van der Waals surface area contributed by atoms with Gasteiger partial charge in [0.15, 0.2) is 11.6 Å². The Balaban J connectivity index is 1.24. The van der Waals surface area contributed by atoms with E-state index in [1.807, 2.05) is 50.2 Å². The minimum absolute atomic E-state index is 0.0968. The monoisotopic (exact) mass is 428 g/mol. The highest BCUT2D eigenvalue weighted by atomic mass is 19.1. The Kier molecular flexibility index (Phi) is 6.32. The fraction of sp³-hybridized carbons (Fsp3) is 0.458. The molecule has 1 saturated heterocycles. The molecule has 6 nitrogen and oxygen atoms in total. The maximum Gasteiger partial charge on any atom is 0.410 e. The minimum atomic E-state index is -0.396. The lowest BCUT2D eigenvalue weighted by Crippen LogP contribution is -2.53. The molecule has 0 aliphatic carbocycles. The molecule has 0 aromatic heterocycles. The first kappa shape index (κ1) is 21.4. The zero-order chi connectivity index (χ0) is 21.8. The van der Waals surface area contributed by atoms with E-state index in [1.165, 1.54) is 6.07 Å². The molecule has 7 heteroatoms. The third kappa shape index (κ3) is 5.47. The quantitative estimate of drug-likeness (QED) is 0.756. The number of rotatable bonds is 6. The Hall–Kier alpha value is -2.80. The van der Waals surface area contributed by atoms with Gasteiger partial charge in [0, 0.05) is 43.7 Å². The van der Waals surface area contributed by atoms with Crippen LogP contribution in [0.3, 0.4) is 0 Å². The molecule has 31 heavy (non-hydrogen) atoms. The molecule has 2 aromatic carbocycles. The van der Waals surface area contributed by atoms with Crippen LogP contribution in [0.4, 0.5) is 9.18 Å². The van der Waals surface area contributed by atoms with Crippen molar-refractivity contribution in [1.29, 1.82) is 0 Å². The van der Waals surface area contributed by atoms with Crippen LogP contribution in [0.1, 0.15) is 31.4 Å². The summed E-state index contributed by atoms with van der Waals surface area (Å²) < 4.78 is 31.3. The Morgan fingerprint density at radius 1 is 1.29 bits per heavy atom. The van der Waals surface area contributed by atoms with Crippen molar-refractivity contribution >= 4 is 6.09 Å². The van der Waals surface area contributed by atoms with Crippen LogP contribution in [0.2, 0.25) is 0 Å². The normalized spacial score (nSPS) is 19.5. The summed E-state index contributed by atoms with van der Waals surface area (Å²) in [5.41, 5.74) is 1.40. The lowest BCUT2D eigenvalue weighted by molar-refractivity contribution is 0.0827. The SMILES string of the molecule is CC1(C)Cc2cc(OCC[C@@H]3CN(C(=O)OCc4ccccc4)CCN3)cc(F)c2O1. The van der Waals surface area contributed by atoms with Gasteiger partial charge < -0.3 is 24.4 Å². The molecule has 2 aliphatic rings. The molecule has 0 bridgehead atoms. The van der Waals surface area contributed by atoms with Gasteiger partial charge >= 0.3 is 6.09 Å². The molecule has 0 radical (unpaired) electrons. The summed E-state index contributed by atoms with van der Waals surface area (Å²) in [6.45, 7) is 6.44. The average Bonchev–Trinajstić information content (AvgIpc) is 3.07. The summed E-state index contributed by atoms with van der Waals surface area (Å²) in [5, 5.41) is 3.40. The van der Waals surface area contributed by atoms with Gasteiger partial charge in [-0.15, -0.1) is 0 Å². The van der Waals surface area contributed by atoms with E-state index in [2.05, 4.69) is 5.32 Å². The Bertz CT molecular complexity index is 919. The van der Waals surface area contributed by atoms with Gasteiger partial charge in [-0.2, -0.15) is 0 Å². The van der Waals surface area contributed by atoms with Crippen molar-refractivity contribution in [1.82, 2.24) is 10.2 Å². The van der Waals surface area contributed by atoms with Crippen LogP contribution in [0.25, 0.3) is 0 Å². The fourth-order valence-electron chi connectivity index (χ4n) is 4.04. The van der Waals surface area contributed by atoms with Gasteiger partial charge in [0.05, 0.1) is 6.61 Å². The molecule has 0 unspecified atom stereocenters. The van der Waals surface area contributed by atoms with E-state index >= 15 is 0 Å². The van der Waals surface area contributed by atoms with Crippen molar-refractivity contribution in [2.45, 2.75) is 44.9 Å². The molecule has 1 fully saturated rings.